The predicted octanol–water partition coefficient (Wildman–Crippen LogP) is 1.01. The summed E-state index contributed by atoms with van der Waals surface area (Å²) in [5, 5.41) is 8.98. The number of aromatic amines is 1. The highest BCUT2D eigenvalue weighted by Gasteiger charge is 2.17. The number of carboxylic acids is 1. The number of benzene rings is 1. The highest BCUT2D eigenvalue weighted by molar-refractivity contribution is 5.92. The van der Waals surface area contributed by atoms with Gasteiger partial charge in [-0.05, 0) is 25.2 Å². The number of imidazole rings is 1. The van der Waals surface area contributed by atoms with Crippen LogP contribution in [0.2, 0.25) is 0 Å². The molecule has 0 spiro atoms. The van der Waals surface area contributed by atoms with E-state index in [9.17, 15) is 4.79 Å². The SMILES string of the molecule is CN1CCN(c2nc3ccc(C(=O)O)cc3[nH]2)CC1. The lowest BCUT2D eigenvalue weighted by Crippen LogP contribution is -2.44. The third-order valence-electron chi connectivity index (χ3n) is 3.52. The van der Waals surface area contributed by atoms with Crippen LogP contribution in [0.1, 0.15) is 10.4 Å². The van der Waals surface area contributed by atoms with Crippen LogP contribution in [-0.2, 0) is 0 Å². The summed E-state index contributed by atoms with van der Waals surface area (Å²) in [6.07, 6.45) is 0. The van der Waals surface area contributed by atoms with Crippen LogP contribution in [0, 0.1) is 0 Å². The van der Waals surface area contributed by atoms with Gasteiger partial charge in [0.15, 0.2) is 0 Å². The summed E-state index contributed by atoms with van der Waals surface area (Å²) in [4.78, 5) is 23.1. The number of carbonyl (C=O) groups is 1. The fourth-order valence-electron chi connectivity index (χ4n) is 2.30. The number of piperazine rings is 1. The first kappa shape index (κ1) is 12.0. The van der Waals surface area contributed by atoms with Crippen molar-refractivity contribution in [1.82, 2.24) is 14.9 Å². The second-order valence-corrected chi connectivity index (χ2v) is 4.89. The summed E-state index contributed by atoms with van der Waals surface area (Å²) in [5.74, 6) is -0.0942. The molecule has 1 aliphatic heterocycles. The van der Waals surface area contributed by atoms with E-state index in [1.165, 1.54) is 0 Å². The topological polar surface area (TPSA) is 72.5 Å². The van der Waals surface area contributed by atoms with E-state index >= 15 is 0 Å². The molecule has 3 rings (SSSR count). The highest BCUT2D eigenvalue weighted by Crippen LogP contribution is 2.19. The van der Waals surface area contributed by atoms with E-state index in [4.69, 9.17) is 5.11 Å². The van der Waals surface area contributed by atoms with Crippen LogP contribution in [0.4, 0.5) is 5.95 Å². The number of aromatic nitrogens is 2. The quantitative estimate of drug-likeness (QED) is 0.843. The van der Waals surface area contributed by atoms with Crippen molar-refractivity contribution < 1.29 is 9.90 Å². The van der Waals surface area contributed by atoms with Crippen LogP contribution in [0.5, 0.6) is 0 Å². The first-order chi connectivity index (χ1) is 9.13. The second kappa shape index (κ2) is 4.55. The van der Waals surface area contributed by atoms with E-state index < -0.39 is 5.97 Å². The van der Waals surface area contributed by atoms with Crippen molar-refractivity contribution in [2.45, 2.75) is 0 Å². The van der Waals surface area contributed by atoms with E-state index in [-0.39, 0.29) is 5.56 Å². The Labute approximate surface area is 110 Å². The Morgan fingerprint density at radius 1 is 1.32 bits per heavy atom. The Balaban J connectivity index is 1.91. The zero-order valence-corrected chi connectivity index (χ0v) is 10.8. The number of hydrogen-bond acceptors (Lipinski definition) is 4. The zero-order valence-electron chi connectivity index (χ0n) is 10.8. The molecule has 6 heteroatoms. The van der Waals surface area contributed by atoms with E-state index in [0.717, 1.165) is 43.2 Å². The molecule has 19 heavy (non-hydrogen) atoms. The molecule has 0 bridgehead atoms. The lowest BCUT2D eigenvalue weighted by atomic mass is 10.2. The number of nitrogens with one attached hydrogen (secondary N) is 1. The number of H-pyrrole nitrogens is 1. The van der Waals surface area contributed by atoms with Gasteiger partial charge in [0.1, 0.15) is 0 Å². The van der Waals surface area contributed by atoms with Crippen LogP contribution in [0.15, 0.2) is 18.2 Å². The van der Waals surface area contributed by atoms with E-state index in [0.29, 0.717) is 0 Å². The minimum absolute atomic E-state index is 0.279. The Bertz CT molecular complexity index is 614. The van der Waals surface area contributed by atoms with Gasteiger partial charge in [0.25, 0.3) is 0 Å². The molecule has 1 fully saturated rings. The molecule has 0 unspecified atom stereocenters. The summed E-state index contributed by atoms with van der Waals surface area (Å²) in [7, 11) is 2.11. The van der Waals surface area contributed by atoms with Crippen LogP contribution in [-0.4, -0.2) is 59.2 Å². The largest absolute Gasteiger partial charge is 0.478 e. The number of fused-ring (bicyclic) bond motifs is 1. The third kappa shape index (κ3) is 2.26. The number of rotatable bonds is 2. The van der Waals surface area contributed by atoms with Crippen LogP contribution in [0.25, 0.3) is 11.0 Å². The van der Waals surface area contributed by atoms with Gasteiger partial charge >= 0.3 is 5.97 Å². The molecule has 0 amide bonds. The van der Waals surface area contributed by atoms with Crippen LogP contribution >= 0.6 is 0 Å². The Kier molecular flexibility index (Phi) is 2.87. The average Bonchev–Trinajstić information content (AvgIpc) is 2.82. The minimum Gasteiger partial charge on any atom is -0.478 e. The summed E-state index contributed by atoms with van der Waals surface area (Å²) < 4.78 is 0. The van der Waals surface area contributed by atoms with Gasteiger partial charge in [-0.15, -0.1) is 0 Å². The molecular formula is C13H16N4O2. The maximum absolute atomic E-state index is 10.9. The van der Waals surface area contributed by atoms with Crippen LogP contribution in [0.3, 0.4) is 0 Å². The Morgan fingerprint density at radius 2 is 2.05 bits per heavy atom. The van der Waals surface area contributed by atoms with Crippen molar-refractivity contribution >= 4 is 23.0 Å². The zero-order chi connectivity index (χ0) is 13.4. The second-order valence-electron chi connectivity index (χ2n) is 4.89. The molecule has 100 valence electrons. The summed E-state index contributed by atoms with van der Waals surface area (Å²) in [6, 6.07) is 4.96. The number of likely N-dealkylation sites (N-methyl/N-ethyl adjacent to an activating group) is 1. The van der Waals surface area contributed by atoms with Gasteiger partial charge < -0.3 is 19.9 Å². The van der Waals surface area contributed by atoms with Crippen molar-refractivity contribution in [3.8, 4) is 0 Å². The molecule has 2 heterocycles. The number of carboxylic acid groups (broad SMARTS) is 1. The first-order valence-electron chi connectivity index (χ1n) is 6.30. The number of anilines is 1. The van der Waals surface area contributed by atoms with Gasteiger partial charge in [0.05, 0.1) is 16.6 Å². The smallest absolute Gasteiger partial charge is 0.335 e. The van der Waals surface area contributed by atoms with Gasteiger partial charge in [-0.2, -0.15) is 0 Å². The van der Waals surface area contributed by atoms with E-state index in [1.54, 1.807) is 18.2 Å². The van der Waals surface area contributed by atoms with Gasteiger partial charge in [-0.3, -0.25) is 0 Å². The molecule has 2 N–H and O–H groups in total. The normalized spacial score (nSPS) is 17.0. The molecule has 1 aromatic carbocycles. The molecule has 0 aliphatic carbocycles. The maximum atomic E-state index is 10.9. The number of aromatic carboxylic acids is 1. The fourth-order valence-corrected chi connectivity index (χ4v) is 2.30. The molecule has 0 atom stereocenters. The van der Waals surface area contributed by atoms with Crippen molar-refractivity contribution in [1.29, 1.82) is 0 Å². The van der Waals surface area contributed by atoms with Gasteiger partial charge in [-0.1, -0.05) is 0 Å². The molecule has 1 aromatic heterocycles. The Hall–Kier alpha value is -2.08. The van der Waals surface area contributed by atoms with Crippen molar-refractivity contribution in [3.63, 3.8) is 0 Å². The summed E-state index contributed by atoms with van der Waals surface area (Å²) in [6.45, 7) is 3.89. The predicted molar refractivity (Wildman–Crippen MR) is 72.8 cm³/mol. The standard InChI is InChI=1S/C13H16N4O2/c1-16-4-6-17(7-5-16)13-14-10-3-2-9(12(18)19)8-11(10)15-13/h2-3,8H,4-7H2,1H3,(H,14,15)(H,18,19). The molecule has 2 aromatic rings. The molecule has 0 saturated carbocycles. The van der Waals surface area contributed by atoms with Crippen LogP contribution < -0.4 is 4.90 Å². The molecule has 0 radical (unpaired) electrons. The first-order valence-corrected chi connectivity index (χ1v) is 6.30. The minimum atomic E-state index is -0.919. The van der Waals surface area contributed by atoms with Gasteiger partial charge in [-0.25, -0.2) is 9.78 Å². The summed E-state index contributed by atoms with van der Waals surface area (Å²) in [5.41, 5.74) is 1.86. The maximum Gasteiger partial charge on any atom is 0.335 e. The Morgan fingerprint density at radius 3 is 2.74 bits per heavy atom. The fraction of sp³-hybridized carbons (Fsp3) is 0.385. The monoisotopic (exact) mass is 260 g/mol. The van der Waals surface area contributed by atoms with Crippen molar-refractivity contribution in [3.05, 3.63) is 23.8 Å². The van der Waals surface area contributed by atoms with Crippen molar-refractivity contribution in [2.75, 3.05) is 38.1 Å². The lowest BCUT2D eigenvalue weighted by molar-refractivity contribution is 0.0697. The molecule has 6 nitrogen and oxygen atoms in total. The number of nitrogens with zero attached hydrogens (tertiary/aromatic N) is 3. The number of hydrogen-bond donors (Lipinski definition) is 2. The third-order valence-corrected chi connectivity index (χ3v) is 3.52. The molecule has 1 aliphatic rings. The van der Waals surface area contributed by atoms with Gasteiger partial charge in [0.2, 0.25) is 5.95 Å². The summed E-state index contributed by atoms with van der Waals surface area (Å²) >= 11 is 0. The van der Waals surface area contributed by atoms with E-state index in [1.807, 2.05) is 0 Å². The average molecular weight is 260 g/mol. The lowest BCUT2D eigenvalue weighted by Gasteiger charge is -2.32. The molecule has 1 saturated heterocycles. The molecular weight excluding hydrogens is 244 g/mol. The van der Waals surface area contributed by atoms with Gasteiger partial charge in [0, 0.05) is 26.2 Å². The van der Waals surface area contributed by atoms with Crippen molar-refractivity contribution in [2.24, 2.45) is 0 Å². The van der Waals surface area contributed by atoms with E-state index in [2.05, 4.69) is 26.8 Å². The highest BCUT2D eigenvalue weighted by atomic mass is 16.4.